The molecule has 0 aliphatic heterocycles. The third-order valence-corrected chi connectivity index (χ3v) is 2.57. The normalized spacial score (nSPS) is 11.6. The van der Waals surface area contributed by atoms with Crippen LogP contribution in [0.1, 0.15) is 6.92 Å². The molecule has 2 rings (SSSR count). The maximum atomic E-state index is 9.86. The Kier molecular flexibility index (Phi) is 3.49. The van der Waals surface area contributed by atoms with Crippen molar-refractivity contribution in [2.24, 2.45) is 0 Å². The van der Waals surface area contributed by atoms with Crippen molar-refractivity contribution in [1.29, 1.82) is 5.26 Å². The van der Waals surface area contributed by atoms with Crippen LogP contribution in [-0.4, -0.2) is 11.2 Å². The molecule has 0 unspecified atom stereocenters. The first-order chi connectivity index (χ1) is 8.72. The predicted octanol–water partition coefficient (Wildman–Crippen LogP) is 3.35. The van der Waals surface area contributed by atoms with E-state index in [1.54, 1.807) is 25.1 Å². The molecular weight excluding hydrogens is 226 g/mol. The van der Waals surface area contributed by atoms with Crippen LogP contribution in [0.4, 0.5) is 0 Å². The van der Waals surface area contributed by atoms with Gasteiger partial charge in [0.15, 0.2) is 6.10 Å². The number of phenolic OH excluding ortho intramolecular Hbond substituents is 1. The summed E-state index contributed by atoms with van der Waals surface area (Å²) >= 11 is 0. The molecule has 18 heavy (non-hydrogen) atoms. The SMILES string of the molecule is C[C@H](C#N)Oc1ccccc1-c1ccccc1O. The summed E-state index contributed by atoms with van der Waals surface area (Å²) in [5, 5.41) is 18.6. The van der Waals surface area contributed by atoms with Crippen LogP contribution in [-0.2, 0) is 0 Å². The highest BCUT2D eigenvalue weighted by atomic mass is 16.5. The number of hydrogen-bond acceptors (Lipinski definition) is 3. The lowest BCUT2D eigenvalue weighted by molar-refractivity contribution is 0.277. The van der Waals surface area contributed by atoms with Crippen LogP contribution in [0, 0.1) is 11.3 Å². The fourth-order valence-corrected chi connectivity index (χ4v) is 1.71. The van der Waals surface area contributed by atoms with Gasteiger partial charge in [0.05, 0.1) is 0 Å². The molecule has 0 bridgehead atoms. The van der Waals surface area contributed by atoms with Crippen LogP contribution in [0.15, 0.2) is 48.5 Å². The fraction of sp³-hybridized carbons (Fsp3) is 0.133. The second kappa shape index (κ2) is 5.24. The summed E-state index contributed by atoms with van der Waals surface area (Å²) in [5.74, 6) is 0.784. The zero-order chi connectivity index (χ0) is 13.0. The molecule has 3 heteroatoms. The van der Waals surface area contributed by atoms with Gasteiger partial charge in [-0.05, 0) is 19.1 Å². The van der Waals surface area contributed by atoms with Crippen LogP contribution in [0.2, 0.25) is 0 Å². The first-order valence-electron chi connectivity index (χ1n) is 5.66. The van der Waals surface area contributed by atoms with Gasteiger partial charge in [-0.1, -0.05) is 36.4 Å². The minimum atomic E-state index is -0.531. The van der Waals surface area contributed by atoms with Crippen molar-refractivity contribution >= 4 is 0 Å². The molecule has 0 saturated carbocycles. The Bertz CT molecular complexity index is 587. The molecule has 0 heterocycles. The average molecular weight is 239 g/mol. The number of benzene rings is 2. The largest absolute Gasteiger partial charge is 0.507 e. The van der Waals surface area contributed by atoms with E-state index < -0.39 is 6.10 Å². The Morgan fingerprint density at radius 2 is 1.67 bits per heavy atom. The van der Waals surface area contributed by atoms with Crippen molar-refractivity contribution in [3.8, 4) is 28.7 Å². The Morgan fingerprint density at radius 3 is 2.33 bits per heavy atom. The van der Waals surface area contributed by atoms with E-state index in [0.717, 1.165) is 5.56 Å². The molecule has 0 radical (unpaired) electrons. The molecule has 0 fully saturated rings. The van der Waals surface area contributed by atoms with Crippen molar-refractivity contribution in [2.75, 3.05) is 0 Å². The third-order valence-electron chi connectivity index (χ3n) is 2.57. The topological polar surface area (TPSA) is 53.2 Å². The van der Waals surface area contributed by atoms with E-state index in [2.05, 4.69) is 0 Å². The molecule has 1 N–H and O–H groups in total. The molecule has 3 nitrogen and oxygen atoms in total. The number of ether oxygens (including phenoxy) is 1. The molecular formula is C15H13NO2. The first kappa shape index (κ1) is 12.0. The average Bonchev–Trinajstić information content (AvgIpc) is 2.40. The van der Waals surface area contributed by atoms with Crippen molar-refractivity contribution < 1.29 is 9.84 Å². The molecule has 0 amide bonds. The van der Waals surface area contributed by atoms with Gasteiger partial charge in [0.25, 0.3) is 0 Å². The molecule has 2 aromatic rings. The summed E-state index contributed by atoms with van der Waals surface area (Å²) in [5.41, 5.74) is 1.47. The van der Waals surface area contributed by atoms with Gasteiger partial charge in [0, 0.05) is 11.1 Å². The second-order valence-corrected chi connectivity index (χ2v) is 3.90. The molecule has 0 aliphatic carbocycles. The number of nitriles is 1. The monoisotopic (exact) mass is 239 g/mol. The summed E-state index contributed by atoms with van der Waals surface area (Å²) in [7, 11) is 0. The highest BCUT2D eigenvalue weighted by Crippen LogP contribution is 2.35. The zero-order valence-electron chi connectivity index (χ0n) is 10.00. The van der Waals surface area contributed by atoms with Gasteiger partial charge in [-0.25, -0.2) is 0 Å². The van der Waals surface area contributed by atoms with Crippen LogP contribution in [0.25, 0.3) is 11.1 Å². The van der Waals surface area contributed by atoms with Crippen molar-refractivity contribution in [1.82, 2.24) is 0 Å². The number of hydrogen-bond donors (Lipinski definition) is 1. The van der Waals surface area contributed by atoms with Gasteiger partial charge < -0.3 is 9.84 Å². The van der Waals surface area contributed by atoms with Crippen molar-refractivity contribution in [3.63, 3.8) is 0 Å². The lowest BCUT2D eigenvalue weighted by Crippen LogP contribution is -2.08. The van der Waals surface area contributed by atoms with E-state index in [1.807, 2.05) is 36.4 Å². The minimum absolute atomic E-state index is 0.193. The maximum Gasteiger partial charge on any atom is 0.181 e. The van der Waals surface area contributed by atoms with Crippen LogP contribution < -0.4 is 4.74 Å². The van der Waals surface area contributed by atoms with Gasteiger partial charge >= 0.3 is 0 Å². The number of nitrogens with zero attached hydrogens (tertiary/aromatic N) is 1. The van der Waals surface area contributed by atoms with Gasteiger partial charge in [0.2, 0.25) is 0 Å². The molecule has 0 saturated heterocycles. The number of para-hydroxylation sites is 2. The smallest absolute Gasteiger partial charge is 0.181 e. The van der Waals surface area contributed by atoms with E-state index in [9.17, 15) is 5.11 Å². The number of phenols is 1. The van der Waals surface area contributed by atoms with Crippen LogP contribution >= 0.6 is 0 Å². The second-order valence-electron chi connectivity index (χ2n) is 3.90. The quantitative estimate of drug-likeness (QED) is 0.893. The van der Waals surface area contributed by atoms with Crippen molar-refractivity contribution in [2.45, 2.75) is 13.0 Å². The summed E-state index contributed by atoms with van der Waals surface area (Å²) < 4.78 is 5.53. The summed E-state index contributed by atoms with van der Waals surface area (Å²) in [6.07, 6.45) is -0.531. The number of rotatable bonds is 3. The third kappa shape index (κ3) is 2.44. The highest BCUT2D eigenvalue weighted by molar-refractivity contribution is 5.75. The lowest BCUT2D eigenvalue weighted by Gasteiger charge is -2.13. The van der Waals surface area contributed by atoms with Crippen LogP contribution in [0.5, 0.6) is 11.5 Å². The molecule has 1 atom stereocenters. The zero-order valence-corrected chi connectivity index (χ0v) is 10.00. The first-order valence-corrected chi connectivity index (χ1v) is 5.66. The molecule has 2 aromatic carbocycles. The van der Waals surface area contributed by atoms with Gasteiger partial charge in [0.1, 0.15) is 17.6 Å². The Hall–Kier alpha value is -2.47. The fourth-order valence-electron chi connectivity index (χ4n) is 1.71. The van der Waals surface area contributed by atoms with E-state index in [1.165, 1.54) is 0 Å². The Balaban J connectivity index is 2.46. The highest BCUT2D eigenvalue weighted by Gasteiger charge is 2.11. The summed E-state index contributed by atoms with van der Waals surface area (Å²) in [6, 6.07) is 16.4. The summed E-state index contributed by atoms with van der Waals surface area (Å²) in [4.78, 5) is 0. The van der Waals surface area contributed by atoms with E-state index in [4.69, 9.17) is 10.00 Å². The van der Waals surface area contributed by atoms with E-state index >= 15 is 0 Å². The standard InChI is InChI=1S/C15H13NO2/c1-11(10-16)18-15-9-5-3-7-13(15)12-6-2-4-8-14(12)17/h2-9,11,17H,1H3/t11-/m1/s1. The van der Waals surface area contributed by atoms with Gasteiger partial charge in [-0.15, -0.1) is 0 Å². The van der Waals surface area contributed by atoms with E-state index in [0.29, 0.717) is 11.3 Å². The minimum Gasteiger partial charge on any atom is -0.507 e. The Labute approximate surface area is 106 Å². The van der Waals surface area contributed by atoms with E-state index in [-0.39, 0.29) is 5.75 Å². The Morgan fingerprint density at radius 1 is 1.06 bits per heavy atom. The molecule has 0 spiro atoms. The number of aromatic hydroxyl groups is 1. The van der Waals surface area contributed by atoms with Crippen LogP contribution in [0.3, 0.4) is 0 Å². The molecule has 90 valence electrons. The van der Waals surface area contributed by atoms with Gasteiger partial charge in [-0.3, -0.25) is 0 Å². The van der Waals surface area contributed by atoms with Crippen molar-refractivity contribution in [3.05, 3.63) is 48.5 Å². The van der Waals surface area contributed by atoms with Gasteiger partial charge in [-0.2, -0.15) is 5.26 Å². The molecule has 0 aliphatic rings. The lowest BCUT2D eigenvalue weighted by atomic mass is 10.0. The summed E-state index contributed by atoms with van der Waals surface area (Å²) in [6.45, 7) is 1.68. The predicted molar refractivity (Wildman–Crippen MR) is 69.2 cm³/mol. The molecule has 0 aromatic heterocycles. The maximum absolute atomic E-state index is 9.86.